The van der Waals surface area contributed by atoms with Crippen LogP contribution in [-0.4, -0.2) is 8.42 Å². The Bertz CT molecular complexity index is 687. The maximum absolute atomic E-state index is 13.4. The minimum absolute atomic E-state index is 0.0544. The largest absolute Gasteiger partial charge is 0.326 e. The molecule has 19 heavy (non-hydrogen) atoms. The maximum atomic E-state index is 13.4. The topological polar surface area (TPSA) is 72.2 Å². The third kappa shape index (κ3) is 3.10. The molecule has 2 aromatic carbocycles. The molecule has 0 saturated carbocycles. The highest BCUT2D eigenvalue weighted by Gasteiger charge is 2.16. The van der Waals surface area contributed by atoms with Gasteiger partial charge in [-0.3, -0.25) is 4.72 Å². The number of anilines is 1. The van der Waals surface area contributed by atoms with E-state index in [0.29, 0.717) is 5.56 Å². The molecule has 4 nitrogen and oxygen atoms in total. The van der Waals surface area contributed by atoms with Crippen molar-refractivity contribution in [1.29, 1.82) is 0 Å². The molecule has 0 aliphatic rings. The summed E-state index contributed by atoms with van der Waals surface area (Å²) in [6.45, 7) is 0.239. The normalized spacial score (nSPS) is 11.3. The molecular weight excluding hydrogens is 267 g/mol. The first-order chi connectivity index (χ1) is 9.03. The summed E-state index contributed by atoms with van der Waals surface area (Å²) < 4.78 is 39.9. The van der Waals surface area contributed by atoms with E-state index in [-0.39, 0.29) is 17.1 Å². The summed E-state index contributed by atoms with van der Waals surface area (Å²) >= 11 is 0. The molecule has 0 bridgehead atoms. The molecule has 2 rings (SSSR count). The van der Waals surface area contributed by atoms with Gasteiger partial charge < -0.3 is 5.73 Å². The summed E-state index contributed by atoms with van der Waals surface area (Å²) in [6, 6.07) is 11.8. The smallest absolute Gasteiger partial charge is 0.261 e. The molecule has 0 unspecified atom stereocenters. The van der Waals surface area contributed by atoms with E-state index in [2.05, 4.69) is 4.72 Å². The summed E-state index contributed by atoms with van der Waals surface area (Å²) in [6.07, 6.45) is 0. The van der Waals surface area contributed by atoms with E-state index in [1.165, 1.54) is 30.3 Å². The minimum Gasteiger partial charge on any atom is -0.326 e. The van der Waals surface area contributed by atoms with E-state index >= 15 is 0 Å². The molecule has 0 fully saturated rings. The van der Waals surface area contributed by atoms with Crippen molar-refractivity contribution < 1.29 is 12.8 Å². The molecular formula is C13H13FN2O2S. The van der Waals surface area contributed by atoms with E-state index in [0.717, 1.165) is 0 Å². The molecule has 0 amide bonds. The first kappa shape index (κ1) is 13.5. The zero-order chi connectivity index (χ0) is 13.9. The molecule has 0 aromatic heterocycles. The molecule has 6 heteroatoms. The fraction of sp³-hybridized carbons (Fsp3) is 0.0769. The molecule has 0 atom stereocenters. The quantitative estimate of drug-likeness (QED) is 0.900. The SMILES string of the molecule is NCc1cccc(S(=O)(=O)Nc2ccccc2F)c1. The number of sulfonamides is 1. The summed E-state index contributed by atoms with van der Waals surface area (Å²) in [5, 5.41) is 0. The Morgan fingerprint density at radius 2 is 1.84 bits per heavy atom. The van der Waals surface area contributed by atoms with Crippen molar-refractivity contribution in [1.82, 2.24) is 0 Å². The van der Waals surface area contributed by atoms with Crippen LogP contribution in [0.15, 0.2) is 53.4 Å². The van der Waals surface area contributed by atoms with Gasteiger partial charge in [-0.1, -0.05) is 24.3 Å². The Balaban J connectivity index is 2.35. The van der Waals surface area contributed by atoms with Crippen LogP contribution in [-0.2, 0) is 16.6 Å². The van der Waals surface area contributed by atoms with Gasteiger partial charge in [0, 0.05) is 6.54 Å². The van der Waals surface area contributed by atoms with E-state index < -0.39 is 15.8 Å². The van der Waals surface area contributed by atoms with Crippen molar-refractivity contribution in [3.63, 3.8) is 0 Å². The lowest BCUT2D eigenvalue weighted by molar-refractivity contribution is 0.598. The lowest BCUT2D eigenvalue weighted by Crippen LogP contribution is -2.14. The van der Waals surface area contributed by atoms with E-state index in [4.69, 9.17) is 5.73 Å². The van der Waals surface area contributed by atoms with Gasteiger partial charge in [0.05, 0.1) is 10.6 Å². The standard InChI is InChI=1S/C13H13FN2O2S/c14-12-6-1-2-7-13(12)16-19(17,18)11-5-3-4-10(8-11)9-15/h1-8,16H,9,15H2. The minimum atomic E-state index is -3.81. The van der Waals surface area contributed by atoms with Crippen molar-refractivity contribution in [2.75, 3.05) is 4.72 Å². The van der Waals surface area contributed by atoms with Gasteiger partial charge in [-0.2, -0.15) is 0 Å². The van der Waals surface area contributed by atoms with Gasteiger partial charge in [0.1, 0.15) is 5.82 Å². The Morgan fingerprint density at radius 3 is 2.53 bits per heavy atom. The van der Waals surface area contributed by atoms with Gasteiger partial charge in [-0.15, -0.1) is 0 Å². The van der Waals surface area contributed by atoms with Gasteiger partial charge >= 0.3 is 0 Å². The second-order valence-electron chi connectivity index (χ2n) is 3.94. The third-order valence-electron chi connectivity index (χ3n) is 2.56. The van der Waals surface area contributed by atoms with Gasteiger partial charge in [-0.05, 0) is 29.8 Å². The maximum Gasteiger partial charge on any atom is 0.261 e. The summed E-state index contributed by atoms with van der Waals surface area (Å²) in [7, 11) is -3.81. The van der Waals surface area contributed by atoms with Crippen molar-refractivity contribution in [3.8, 4) is 0 Å². The van der Waals surface area contributed by atoms with Crippen LogP contribution < -0.4 is 10.5 Å². The van der Waals surface area contributed by atoms with Crippen LogP contribution in [0.2, 0.25) is 0 Å². The van der Waals surface area contributed by atoms with Gasteiger partial charge in [-0.25, -0.2) is 12.8 Å². The van der Waals surface area contributed by atoms with E-state index in [9.17, 15) is 12.8 Å². The Hall–Kier alpha value is -1.92. The average molecular weight is 280 g/mol. The van der Waals surface area contributed by atoms with Crippen molar-refractivity contribution in [3.05, 3.63) is 59.9 Å². The van der Waals surface area contributed by atoms with Gasteiger partial charge in [0.15, 0.2) is 0 Å². The number of benzene rings is 2. The van der Waals surface area contributed by atoms with Crippen molar-refractivity contribution >= 4 is 15.7 Å². The van der Waals surface area contributed by atoms with E-state index in [1.807, 2.05) is 0 Å². The Labute approximate surface area is 111 Å². The van der Waals surface area contributed by atoms with E-state index in [1.54, 1.807) is 18.2 Å². The highest BCUT2D eigenvalue weighted by Crippen LogP contribution is 2.19. The summed E-state index contributed by atoms with van der Waals surface area (Å²) in [4.78, 5) is 0.0544. The lowest BCUT2D eigenvalue weighted by Gasteiger charge is -2.09. The summed E-state index contributed by atoms with van der Waals surface area (Å²) in [5.74, 6) is -0.624. The molecule has 3 N–H and O–H groups in total. The molecule has 0 radical (unpaired) electrons. The van der Waals surface area contributed by atoms with Crippen LogP contribution >= 0.6 is 0 Å². The van der Waals surface area contributed by atoms with Crippen molar-refractivity contribution in [2.24, 2.45) is 5.73 Å². The number of halogens is 1. The predicted octanol–water partition coefficient (Wildman–Crippen LogP) is 2.09. The molecule has 0 aliphatic heterocycles. The molecule has 0 aliphatic carbocycles. The van der Waals surface area contributed by atoms with Crippen LogP contribution in [0.4, 0.5) is 10.1 Å². The Kier molecular flexibility index (Phi) is 3.82. The monoisotopic (exact) mass is 280 g/mol. The fourth-order valence-corrected chi connectivity index (χ4v) is 2.72. The highest BCUT2D eigenvalue weighted by atomic mass is 32.2. The number of hydrogen-bond donors (Lipinski definition) is 2. The number of nitrogens with one attached hydrogen (secondary N) is 1. The first-order valence-corrected chi connectivity index (χ1v) is 7.07. The highest BCUT2D eigenvalue weighted by molar-refractivity contribution is 7.92. The predicted molar refractivity (Wildman–Crippen MR) is 71.5 cm³/mol. The fourth-order valence-electron chi connectivity index (χ4n) is 1.59. The zero-order valence-corrected chi connectivity index (χ0v) is 10.8. The average Bonchev–Trinajstić information content (AvgIpc) is 2.41. The molecule has 0 heterocycles. The molecule has 2 aromatic rings. The third-order valence-corrected chi connectivity index (χ3v) is 3.93. The van der Waals surface area contributed by atoms with Crippen molar-refractivity contribution in [2.45, 2.75) is 11.4 Å². The number of nitrogens with two attached hydrogens (primary N) is 1. The van der Waals surface area contributed by atoms with Gasteiger partial charge in [0.25, 0.3) is 10.0 Å². The summed E-state index contributed by atoms with van der Waals surface area (Å²) in [5.41, 5.74) is 6.07. The second-order valence-corrected chi connectivity index (χ2v) is 5.62. The van der Waals surface area contributed by atoms with Crippen LogP contribution in [0.25, 0.3) is 0 Å². The first-order valence-electron chi connectivity index (χ1n) is 5.59. The van der Waals surface area contributed by atoms with Gasteiger partial charge in [0.2, 0.25) is 0 Å². The van der Waals surface area contributed by atoms with Crippen LogP contribution in [0.5, 0.6) is 0 Å². The molecule has 0 saturated heterocycles. The lowest BCUT2D eigenvalue weighted by atomic mass is 10.2. The number of hydrogen-bond acceptors (Lipinski definition) is 3. The molecule has 0 spiro atoms. The zero-order valence-electron chi connectivity index (χ0n) is 10.0. The van der Waals surface area contributed by atoms with Crippen LogP contribution in [0.1, 0.15) is 5.56 Å². The Morgan fingerprint density at radius 1 is 1.11 bits per heavy atom. The van der Waals surface area contributed by atoms with Crippen LogP contribution in [0, 0.1) is 5.82 Å². The van der Waals surface area contributed by atoms with Crippen LogP contribution in [0.3, 0.4) is 0 Å². The number of rotatable bonds is 4. The molecule has 100 valence electrons. The second kappa shape index (κ2) is 5.38. The number of para-hydroxylation sites is 1.